The summed E-state index contributed by atoms with van der Waals surface area (Å²) in [6.07, 6.45) is 1.70. The van der Waals surface area contributed by atoms with Crippen LogP contribution in [0.1, 0.15) is 104 Å². The molecule has 0 amide bonds. The summed E-state index contributed by atoms with van der Waals surface area (Å²) in [6, 6.07) is 48.9. The number of pyridine rings is 1. The molecule has 9 aromatic rings. The summed E-state index contributed by atoms with van der Waals surface area (Å²) in [5, 5.41) is 13.1. The Kier molecular flexibility index (Phi) is 6.37. The number of aromatic hydroxyl groups is 1. The van der Waals surface area contributed by atoms with Crippen molar-refractivity contribution in [3.8, 4) is 78.6 Å². The number of rotatable bonds is 8. The second kappa shape index (κ2) is 16.3. The normalized spacial score (nSPS) is 17.8. The molecule has 0 atom stereocenters. The lowest BCUT2D eigenvalue weighted by Gasteiger charge is -2.27. The highest BCUT2D eigenvalue weighted by molar-refractivity contribution is 5.98. The Morgan fingerprint density at radius 2 is 1.17 bits per heavy atom. The monoisotopic (exact) mass is 841 g/mol. The molecule has 0 bridgehead atoms. The molecule has 4 nitrogen and oxygen atoms in total. The van der Waals surface area contributed by atoms with Crippen molar-refractivity contribution < 1.29 is 31.2 Å². The highest BCUT2D eigenvalue weighted by Crippen LogP contribution is 2.46. The number of phenols is 1. The smallest absolute Gasteiger partial charge is 0.149 e. The SMILES string of the molecule is [2H]C(C)(C)c1ccc(-n2c(-c3cc(C(C([2H])([2H])[2H])(C([2H])([2H])[2H])C([2H])([2H])[2H])cc(C(C([2H])([2H])[2H])(C([2H])([2H])[2H])C([2H])([2H])[2H])c3O)nc3c(-c4cc(-c5ccccc5)cc(-c5cc(-c6ccccc6)ccn5)c4)cccc32)c(-c2ccccc2)c1. The van der Waals surface area contributed by atoms with Crippen LogP contribution >= 0.6 is 0 Å². The molecule has 63 heavy (non-hydrogen) atoms. The number of aromatic nitrogens is 3. The van der Waals surface area contributed by atoms with Crippen molar-refractivity contribution in [2.24, 2.45) is 0 Å². The van der Waals surface area contributed by atoms with Crippen LogP contribution in [0.2, 0.25) is 0 Å². The third-order valence-electron chi connectivity index (χ3n) is 11.3. The van der Waals surface area contributed by atoms with Crippen LogP contribution in [0.25, 0.3) is 83.9 Å². The largest absolute Gasteiger partial charge is 0.507 e. The molecule has 0 unspecified atom stereocenters. The summed E-state index contributed by atoms with van der Waals surface area (Å²) < 4.78 is 169. The van der Waals surface area contributed by atoms with Crippen molar-refractivity contribution in [2.45, 2.75) is 71.7 Å². The lowest BCUT2D eigenvalue weighted by molar-refractivity contribution is 0.446. The first-order valence-electron chi connectivity index (χ1n) is 29.9. The average molecular weight is 841 g/mol. The molecule has 0 radical (unpaired) electrons. The highest BCUT2D eigenvalue weighted by atomic mass is 16.3. The van der Waals surface area contributed by atoms with Gasteiger partial charge in [-0.1, -0.05) is 170 Å². The number of hydrogen-bond acceptors (Lipinski definition) is 3. The molecule has 2 aromatic heterocycles. The van der Waals surface area contributed by atoms with E-state index >= 15 is 0 Å². The molecular weight excluding hydrogens is 767 g/mol. The maximum Gasteiger partial charge on any atom is 0.149 e. The summed E-state index contributed by atoms with van der Waals surface area (Å²) >= 11 is 0. The predicted molar refractivity (Wildman–Crippen MR) is 265 cm³/mol. The van der Waals surface area contributed by atoms with Gasteiger partial charge in [0, 0.05) is 54.5 Å². The van der Waals surface area contributed by atoms with E-state index < -0.39 is 86.1 Å². The van der Waals surface area contributed by atoms with Gasteiger partial charge < -0.3 is 5.11 Å². The van der Waals surface area contributed by atoms with E-state index in [2.05, 4.69) is 0 Å². The Morgan fingerprint density at radius 1 is 0.540 bits per heavy atom. The second-order valence-corrected chi connectivity index (χ2v) is 15.9. The molecule has 7 aromatic carbocycles. The Bertz CT molecular complexity index is 3760. The third-order valence-corrected chi connectivity index (χ3v) is 11.3. The number of nitrogens with zero attached hydrogens (tertiary/aromatic N) is 3. The minimum absolute atomic E-state index is 0.136. The highest BCUT2D eigenvalue weighted by Gasteiger charge is 2.29. The van der Waals surface area contributed by atoms with Gasteiger partial charge in [0.25, 0.3) is 0 Å². The van der Waals surface area contributed by atoms with Gasteiger partial charge in [-0.05, 0) is 116 Å². The van der Waals surface area contributed by atoms with Gasteiger partial charge in [0.05, 0.1) is 28.0 Å². The van der Waals surface area contributed by atoms with Crippen molar-refractivity contribution in [1.29, 1.82) is 0 Å². The number of fused-ring (bicyclic) bond motifs is 1. The van der Waals surface area contributed by atoms with E-state index in [1.54, 1.807) is 86.8 Å². The van der Waals surface area contributed by atoms with Gasteiger partial charge in [-0.25, -0.2) is 4.98 Å². The topological polar surface area (TPSA) is 50.9 Å². The molecule has 9 rings (SSSR count). The number of phenolic OH excluding ortho intramolecular Hbond substituents is 1. The van der Waals surface area contributed by atoms with Gasteiger partial charge in [0.1, 0.15) is 11.6 Å². The first kappa shape index (κ1) is 24.6. The van der Waals surface area contributed by atoms with E-state index in [4.69, 9.17) is 36.0 Å². The maximum absolute atomic E-state index is 13.1. The minimum Gasteiger partial charge on any atom is -0.507 e. The van der Waals surface area contributed by atoms with E-state index in [0.717, 1.165) is 22.3 Å². The van der Waals surface area contributed by atoms with Crippen molar-refractivity contribution >= 4 is 11.0 Å². The Balaban J connectivity index is 1.50. The van der Waals surface area contributed by atoms with Crippen LogP contribution in [0.5, 0.6) is 5.75 Å². The van der Waals surface area contributed by atoms with Gasteiger partial charge in [-0.3, -0.25) is 9.55 Å². The quantitative estimate of drug-likeness (QED) is 0.166. The van der Waals surface area contributed by atoms with Crippen molar-refractivity contribution in [3.05, 3.63) is 193 Å². The summed E-state index contributed by atoms with van der Waals surface area (Å²) in [6.45, 7) is -21.3. The molecule has 1 N–H and O–H groups in total. The first-order chi connectivity index (χ1) is 38.0. The number of imidazole rings is 1. The zero-order chi connectivity index (χ0) is 60.0. The molecule has 2 heterocycles. The van der Waals surface area contributed by atoms with Crippen LogP contribution in [-0.2, 0) is 10.8 Å². The van der Waals surface area contributed by atoms with Crippen molar-refractivity contribution in [3.63, 3.8) is 0 Å². The van der Waals surface area contributed by atoms with E-state index in [-0.39, 0.29) is 22.8 Å². The van der Waals surface area contributed by atoms with E-state index in [1.807, 2.05) is 91.0 Å². The average Bonchev–Trinajstić information content (AvgIpc) is 0.874. The summed E-state index contributed by atoms with van der Waals surface area (Å²) in [5.74, 6) is -3.04. The molecule has 0 aliphatic rings. The van der Waals surface area contributed by atoms with Gasteiger partial charge in [-0.15, -0.1) is 0 Å². The summed E-state index contributed by atoms with van der Waals surface area (Å²) in [5.41, 5.74) is -3.97. The number of benzene rings is 7. The molecule has 0 aliphatic heterocycles. The standard InChI is InChI=1S/C59H55N3O/c1-38(2)42-27-28-53(49(34-42)41-23-16-11-17-24-41)62-54-26-18-25-48(55(54)61-57(62)50-36-47(58(3,4)5)37-51(56(50)63)59(6,7)8)45-31-44(40-21-14-10-15-22-40)32-46(33-45)52-35-43(29-30-60-52)39-19-12-9-13-20-39/h9-38,63H,1-8H3/i3D3,4D3,5D3,6D3,7D3,8D3,38D. The molecule has 0 saturated carbocycles. The van der Waals surface area contributed by atoms with E-state index in [9.17, 15) is 5.11 Å². The fourth-order valence-electron chi connectivity index (χ4n) is 8.08. The van der Waals surface area contributed by atoms with Crippen LogP contribution in [-0.4, -0.2) is 19.6 Å². The Morgan fingerprint density at radius 3 is 1.84 bits per heavy atom. The maximum atomic E-state index is 13.1. The van der Waals surface area contributed by atoms with Gasteiger partial charge in [0.2, 0.25) is 0 Å². The zero-order valence-electron chi connectivity index (χ0n) is 53.5. The fourth-order valence-corrected chi connectivity index (χ4v) is 8.08. The molecule has 312 valence electrons. The van der Waals surface area contributed by atoms with Gasteiger partial charge in [0.15, 0.2) is 0 Å². The predicted octanol–water partition coefficient (Wildman–Crippen LogP) is 15.8. The van der Waals surface area contributed by atoms with Gasteiger partial charge in [-0.2, -0.15) is 0 Å². The van der Waals surface area contributed by atoms with Crippen LogP contribution in [0.3, 0.4) is 0 Å². The van der Waals surface area contributed by atoms with E-state index in [0.29, 0.717) is 45.1 Å². The lowest BCUT2D eigenvalue weighted by atomic mass is 9.79. The van der Waals surface area contributed by atoms with Crippen LogP contribution in [0, 0.1) is 0 Å². The fraction of sp³-hybridized carbons (Fsp3) is 0.186. The lowest BCUT2D eigenvalue weighted by Crippen LogP contribution is -2.17. The molecule has 0 saturated heterocycles. The minimum atomic E-state index is -4.16. The van der Waals surface area contributed by atoms with Crippen LogP contribution < -0.4 is 0 Å². The summed E-state index contributed by atoms with van der Waals surface area (Å²) in [4.78, 5) is 9.98. The Labute approximate surface area is 399 Å². The molecule has 0 fully saturated rings. The van der Waals surface area contributed by atoms with Gasteiger partial charge >= 0.3 is 0 Å². The first-order valence-corrected chi connectivity index (χ1v) is 20.4. The zero-order valence-corrected chi connectivity index (χ0v) is 34.5. The number of para-hydroxylation sites is 1. The van der Waals surface area contributed by atoms with Crippen molar-refractivity contribution in [2.75, 3.05) is 0 Å². The summed E-state index contributed by atoms with van der Waals surface area (Å²) in [7, 11) is 0. The van der Waals surface area contributed by atoms with Crippen LogP contribution in [0.15, 0.2) is 176 Å². The number of hydrogen-bond donors (Lipinski definition) is 1. The van der Waals surface area contributed by atoms with Crippen LogP contribution in [0.4, 0.5) is 0 Å². The molecule has 0 aliphatic carbocycles. The Hall–Kier alpha value is -7.04. The third kappa shape index (κ3) is 8.10. The molecule has 0 spiro atoms. The van der Waals surface area contributed by atoms with E-state index in [1.165, 1.54) is 4.57 Å². The molecular formula is C59H55N3O. The molecule has 4 heteroatoms. The second-order valence-electron chi connectivity index (χ2n) is 15.9. The van der Waals surface area contributed by atoms with Crippen molar-refractivity contribution in [1.82, 2.24) is 14.5 Å².